The quantitative estimate of drug-likeness (QED) is 0.472. The first-order chi connectivity index (χ1) is 16.5. The summed E-state index contributed by atoms with van der Waals surface area (Å²) in [7, 11) is 0. The van der Waals surface area contributed by atoms with Crippen LogP contribution in [0.3, 0.4) is 0 Å². The normalized spacial score (nSPS) is 17.1. The average Bonchev–Trinajstić information content (AvgIpc) is 3.23. The van der Waals surface area contributed by atoms with E-state index in [1.54, 1.807) is 42.2 Å². The molecule has 6 rings (SSSR count). The number of pyridine rings is 1. The predicted octanol–water partition coefficient (Wildman–Crippen LogP) is 4.60. The van der Waals surface area contributed by atoms with Gasteiger partial charge in [0.1, 0.15) is 23.5 Å². The number of carbonyl (C=O) groups is 1. The molecular formula is C25H22F2N6O. The van der Waals surface area contributed by atoms with Crippen LogP contribution >= 0.6 is 0 Å². The second-order valence-electron chi connectivity index (χ2n) is 8.95. The summed E-state index contributed by atoms with van der Waals surface area (Å²) >= 11 is 0. The number of nitrogens with zero attached hydrogens (tertiary/aromatic N) is 5. The zero-order chi connectivity index (χ0) is 23.4. The van der Waals surface area contributed by atoms with Gasteiger partial charge in [0.05, 0.1) is 29.8 Å². The summed E-state index contributed by atoms with van der Waals surface area (Å²) in [5.41, 5.74) is 3.65. The number of benzene rings is 1. The molecule has 1 fully saturated rings. The van der Waals surface area contributed by atoms with E-state index in [9.17, 15) is 13.6 Å². The van der Waals surface area contributed by atoms with E-state index in [-0.39, 0.29) is 17.9 Å². The van der Waals surface area contributed by atoms with Gasteiger partial charge in [-0.25, -0.2) is 23.7 Å². The standard InChI is InChI=1S/C25H22F2N6O/c1-14-7-19(27)18(9-22(14)32-12-21(29-13-32)15-5-6-15)25(34)31-23-4-2-3-20(30-23)24-28-10-17-8-16(26)11-33(17)24/h2-4,7,9-10,12-13,15-16H,5-6,8,11H2,1H3,(H,30,31,34)/t16-/m0/s1. The molecule has 0 radical (unpaired) electrons. The molecule has 7 nitrogen and oxygen atoms in total. The van der Waals surface area contributed by atoms with Crippen LogP contribution in [0.2, 0.25) is 0 Å². The second-order valence-corrected chi connectivity index (χ2v) is 8.95. The highest BCUT2D eigenvalue weighted by Crippen LogP contribution is 2.39. The number of aryl methyl sites for hydroxylation is 1. The fourth-order valence-corrected chi connectivity index (χ4v) is 4.46. The number of hydrogen-bond acceptors (Lipinski definition) is 4. The first-order valence-electron chi connectivity index (χ1n) is 11.3. The van der Waals surface area contributed by atoms with Gasteiger partial charge in [0.25, 0.3) is 5.91 Å². The Morgan fingerprint density at radius 2 is 2.06 bits per heavy atom. The second kappa shape index (κ2) is 7.86. The van der Waals surface area contributed by atoms with Crippen molar-refractivity contribution in [1.29, 1.82) is 0 Å². The highest BCUT2D eigenvalue weighted by Gasteiger charge is 2.27. The first kappa shape index (κ1) is 20.7. The van der Waals surface area contributed by atoms with Crippen molar-refractivity contribution in [2.24, 2.45) is 0 Å². The Bertz CT molecular complexity index is 1420. The summed E-state index contributed by atoms with van der Waals surface area (Å²) in [5.74, 6) is 0.0762. The Balaban J connectivity index is 1.27. The molecule has 34 heavy (non-hydrogen) atoms. The summed E-state index contributed by atoms with van der Waals surface area (Å²) in [6.45, 7) is 2.03. The van der Waals surface area contributed by atoms with E-state index in [1.165, 1.54) is 12.1 Å². The van der Waals surface area contributed by atoms with Crippen LogP contribution in [0.5, 0.6) is 0 Å². The van der Waals surface area contributed by atoms with Crippen LogP contribution in [0.25, 0.3) is 17.2 Å². The van der Waals surface area contributed by atoms with Crippen LogP contribution in [-0.2, 0) is 13.0 Å². The van der Waals surface area contributed by atoms with Gasteiger partial charge in [-0.2, -0.15) is 0 Å². The van der Waals surface area contributed by atoms with Gasteiger partial charge < -0.3 is 14.5 Å². The van der Waals surface area contributed by atoms with Gasteiger partial charge in [0.15, 0.2) is 5.82 Å². The average molecular weight is 460 g/mol. The third-order valence-electron chi connectivity index (χ3n) is 6.38. The molecule has 3 aromatic heterocycles. The Morgan fingerprint density at radius 3 is 2.88 bits per heavy atom. The van der Waals surface area contributed by atoms with Crippen LogP contribution in [0.15, 0.2) is 49.1 Å². The topological polar surface area (TPSA) is 77.6 Å². The van der Waals surface area contributed by atoms with Gasteiger partial charge in [0, 0.05) is 30.4 Å². The third-order valence-corrected chi connectivity index (χ3v) is 6.38. The van der Waals surface area contributed by atoms with Crippen molar-refractivity contribution < 1.29 is 13.6 Å². The number of anilines is 1. The maximum Gasteiger partial charge on any atom is 0.259 e. The van der Waals surface area contributed by atoms with Crippen LogP contribution in [0, 0.1) is 12.7 Å². The summed E-state index contributed by atoms with van der Waals surface area (Å²) in [5, 5.41) is 2.68. The zero-order valence-corrected chi connectivity index (χ0v) is 18.5. The lowest BCUT2D eigenvalue weighted by Crippen LogP contribution is -2.16. The number of imidazole rings is 2. The first-order valence-corrected chi connectivity index (χ1v) is 11.3. The Labute approximate surface area is 194 Å². The minimum absolute atomic E-state index is 0.0866. The summed E-state index contributed by atoms with van der Waals surface area (Å²) in [6.07, 6.45) is 6.95. The fourth-order valence-electron chi connectivity index (χ4n) is 4.46. The zero-order valence-electron chi connectivity index (χ0n) is 18.5. The molecule has 0 unspecified atom stereocenters. The van der Waals surface area contributed by atoms with Gasteiger partial charge in [-0.3, -0.25) is 4.79 Å². The smallest absolute Gasteiger partial charge is 0.259 e. The molecule has 1 saturated carbocycles. The van der Waals surface area contributed by atoms with E-state index in [0.717, 1.165) is 24.2 Å². The molecule has 1 amide bonds. The van der Waals surface area contributed by atoms with Gasteiger partial charge >= 0.3 is 0 Å². The Kier molecular flexibility index (Phi) is 4.79. The predicted molar refractivity (Wildman–Crippen MR) is 122 cm³/mol. The van der Waals surface area contributed by atoms with Crippen LogP contribution in [0.4, 0.5) is 14.6 Å². The van der Waals surface area contributed by atoms with E-state index >= 15 is 0 Å². The molecular weight excluding hydrogens is 438 g/mol. The van der Waals surface area contributed by atoms with Crippen LogP contribution in [0.1, 0.15) is 46.1 Å². The number of nitrogens with one attached hydrogen (secondary N) is 1. The number of fused-ring (bicyclic) bond motifs is 1. The Hall–Kier alpha value is -3.88. The highest BCUT2D eigenvalue weighted by atomic mass is 19.1. The molecule has 0 saturated heterocycles. The summed E-state index contributed by atoms with van der Waals surface area (Å²) in [4.78, 5) is 26.3. The van der Waals surface area contributed by atoms with Gasteiger partial charge in [-0.15, -0.1) is 0 Å². The van der Waals surface area contributed by atoms with Crippen molar-refractivity contribution in [3.8, 4) is 17.2 Å². The molecule has 0 spiro atoms. The van der Waals surface area contributed by atoms with E-state index in [1.807, 2.05) is 10.8 Å². The molecule has 1 aromatic carbocycles. The van der Waals surface area contributed by atoms with Gasteiger partial charge in [-0.1, -0.05) is 6.07 Å². The lowest BCUT2D eigenvalue weighted by molar-refractivity contribution is 0.102. The highest BCUT2D eigenvalue weighted by molar-refractivity contribution is 6.04. The molecule has 1 N–H and O–H groups in total. The van der Waals surface area contributed by atoms with Crippen molar-refractivity contribution in [3.05, 3.63) is 77.4 Å². The third kappa shape index (κ3) is 3.67. The SMILES string of the molecule is Cc1cc(F)c(C(=O)Nc2cccc(-c3ncc4n3C[C@@H](F)C4)n2)cc1-n1cnc(C2CC2)c1. The minimum atomic E-state index is -0.936. The number of rotatable bonds is 5. The largest absolute Gasteiger partial charge is 0.324 e. The van der Waals surface area contributed by atoms with E-state index in [4.69, 9.17) is 0 Å². The maximum atomic E-state index is 14.8. The van der Waals surface area contributed by atoms with Crippen molar-refractivity contribution in [2.75, 3.05) is 5.32 Å². The molecule has 1 atom stereocenters. The number of aromatic nitrogens is 5. The summed E-state index contributed by atoms with van der Waals surface area (Å²) in [6, 6.07) is 7.98. The molecule has 1 aliphatic heterocycles. The number of amides is 1. The van der Waals surface area contributed by atoms with Crippen molar-refractivity contribution in [2.45, 2.75) is 44.8 Å². The lowest BCUT2D eigenvalue weighted by Gasteiger charge is -2.12. The molecule has 172 valence electrons. The van der Waals surface area contributed by atoms with E-state index < -0.39 is 17.9 Å². The minimum Gasteiger partial charge on any atom is -0.324 e. The molecule has 9 heteroatoms. The van der Waals surface area contributed by atoms with Crippen molar-refractivity contribution in [1.82, 2.24) is 24.1 Å². The number of hydrogen-bond donors (Lipinski definition) is 1. The van der Waals surface area contributed by atoms with Crippen LogP contribution in [-0.4, -0.2) is 36.2 Å². The number of carbonyl (C=O) groups excluding carboxylic acids is 1. The van der Waals surface area contributed by atoms with Gasteiger partial charge in [0.2, 0.25) is 0 Å². The summed E-state index contributed by atoms with van der Waals surface area (Å²) < 4.78 is 32.2. The van der Waals surface area contributed by atoms with Crippen LogP contribution < -0.4 is 5.32 Å². The van der Waals surface area contributed by atoms with E-state index in [0.29, 0.717) is 35.1 Å². The van der Waals surface area contributed by atoms with E-state index in [2.05, 4.69) is 20.3 Å². The van der Waals surface area contributed by atoms with Gasteiger partial charge in [-0.05, 0) is 49.6 Å². The number of halogens is 2. The molecule has 1 aliphatic carbocycles. The maximum absolute atomic E-state index is 14.8. The fraction of sp³-hybridized carbons (Fsp3) is 0.280. The van der Waals surface area contributed by atoms with Crippen molar-refractivity contribution in [3.63, 3.8) is 0 Å². The molecule has 4 aromatic rings. The molecule has 4 heterocycles. The number of alkyl halides is 1. The van der Waals surface area contributed by atoms with Crippen molar-refractivity contribution >= 4 is 11.7 Å². The Morgan fingerprint density at radius 1 is 1.21 bits per heavy atom. The lowest BCUT2D eigenvalue weighted by atomic mass is 10.1. The monoisotopic (exact) mass is 460 g/mol. The molecule has 2 aliphatic rings. The molecule has 0 bridgehead atoms.